The van der Waals surface area contributed by atoms with Gasteiger partial charge in [0, 0.05) is 18.7 Å². The number of ketones is 1. The van der Waals surface area contributed by atoms with E-state index < -0.39 is 35.2 Å². The van der Waals surface area contributed by atoms with Crippen molar-refractivity contribution in [3.8, 4) is 6.07 Å². The predicted molar refractivity (Wildman–Crippen MR) is 126 cm³/mol. The Hall–Kier alpha value is -4.14. The molecule has 3 aromatic rings. The van der Waals surface area contributed by atoms with Crippen molar-refractivity contribution in [2.75, 3.05) is 11.4 Å². The maximum absolute atomic E-state index is 13.3. The summed E-state index contributed by atoms with van der Waals surface area (Å²) >= 11 is 0. The average Bonchev–Trinajstić information content (AvgIpc) is 2.83. The molecule has 0 amide bonds. The second-order valence-electron chi connectivity index (χ2n) is 8.34. The highest BCUT2D eigenvalue weighted by atomic mass is 19.4. The fourth-order valence-corrected chi connectivity index (χ4v) is 3.64. The fraction of sp³-hybridized carbons (Fsp3) is 0.222. The molecule has 8 heteroatoms. The van der Waals surface area contributed by atoms with Gasteiger partial charge in [-0.2, -0.15) is 18.4 Å². The molecule has 0 bridgehead atoms. The number of alkyl halides is 3. The SMILES string of the molecule is [C-]#[N+]c1ccc(CC(=O)[C@@](C)(O)CN(Cc2ccccc2)c2ccc(C#N)cc2)cc1C(F)(F)F. The van der Waals surface area contributed by atoms with Crippen LogP contribution in [0.2, 0.25) is 0 Å². The number of anilines is 1. The van der Waals surface area contributed by atoms with Crippen molar-refractivity contribution in [2.45, 2.75) is 31.7 Å². The molecular formula is C27H22F3N3O2. The summed E-state index contributed by atoms with van der Waals surface area (Å²) in [6, 6.07) is 21.2. The third kappa shape index (κ3) is 6.47. The summed E-state index contributed by atoms with van der Waals surface area (Å²) in [7, 11) is 0. The highest BCUT2D eigenvalue weighted by Crippen LogP contribution is 2.37. The van der Waals surface area contributed by atoms with Crippen LogP contribution in [0.25, 0.3) is 4.85 Å². The lowest BCUT2D eigenvalue weighted by Gasteiger charge is -2.32. The molecule has 0 unspecified atom stereocenters. The predicted octanol–water partition coefficient (Wildman–Crippen LogP) is 5.70. The molecule has 0 radical (unpaired) electrons. The first-order valence-electron chi connectivity index (χ1n) is 10.7. The third-order valence-corrected chi connectivity index (χ3v) is 5.53. The summed E-state index contributed by atoms with van der Waals surface area (Å²) in [4.78, 5) is 17.7. The molecule has 178 valence electrons. The number of rotatable bonds is 8. The smallest absolute Gasteiger partial charge is 0.380 e. The van der Waals surface area contributed by atoms with Crippen LogP contribution in [0.3, 0.4) is 0 Å². The van der Waals surface area contributed by atoms with Crippen molar-refractivity contribution in [1.82, 2.24) is 0 Å². The molecule has 0 saturated heterocycles. The first-order chi connectivity index (χ1) is 16.5. The number of hydrogen-bond acceptors (Lipinski definition) is 4. The van der Waals surface area contributed by atoms with Gasteiger partial charge in [0.05, 0.1) is 30.3 Å². The number of carbonyl (C=O) groups is 1. The van der Waals surface area contributed by atoms with E-state index in [1.165, 1.54) is 13.0 Å². The van der Waals surface area contributed by atoms with Gasteiger partial charge in [-0.15, -0.1) is 0 Å². The Morgan fingerprint density at radius 1 is 1.06 bits per heavy atom. The number of carbonyl (C=O) groups excluding carboxylic acids is 1. The van der Waals surface area contributed by atoms with E-state index in [1.807, 2.05) is 36.4 Å². The van der Waals surface area contributed by atoms with Gasteiger partial charge >= 0.3 is 6.18 Å². The first kappa shape index (κ1) is 25.5. The number of hydrogen-bond donors (Lipinski definition) is 1. The zero-order chi connectivity index (χ0) is 25.6. The Labute approximate surface area is 201 Å². The lowest BCUT2D eigenvalue weighted by atomic mass is 9.93. The van der Waals surface area contributed by atoms with Crippen LogP contribution in [0.1, 0.15) is 29.2 Å². The summed E-state index contributed by atoms with van der Waals surface area (Å²) in [5, 5.41) is 20.1. The van der Waals surface area contributed by atoms with Gasteiger partial charge in [0.25, 0.3) is 0 Å². The third-order valence-electron chi connectivity index (χ3n) is 5.53. The highest BCUT2D eigenvalue weighted by Gasteiger charge is 2.35. The number of aliphatic hydroxyl groups is 1. The molecule has 35 heavy (non-hydrogen) atoms. The van der Waals surface area contributed by atoms with Gasteiger partial charge in [-0.25, -0.2) is 4.85 Å². The summed E-state index contributed by atoms with van der Waals surface area (Å²) in [6.45, 7) is 8.50. The zero-order valence-corrected chi connectivity index (χ0v) is 18.9. The monoisotopic (exact) mass is 477 g/mol. The molecule has 0 aliphatic carbocycles. The minimum absolute atomic E-state index is 0.0583. The molecule has 5 nitrogen and oxygen atoms in total. The second kappa shape index (κ2) is 10.4. The van der Waals surface area contributed by atoms with Crippen molar-refractivity contribution in [1.29, 1.82) is 5.26 Å². The van der Waals surface area contributed by atoms with Crippen molar-refractivity contribution in [3.63, 3.8) is 0 Å². The molecule has 3 rings (SSSR count). The Morgan fingerprint density at radius 3 is 2.29 bits per heavy atom. The van der Waals surface area contributed by atoms with E-state index in [0.717, 1.165) is 17.7 Å². The van der Waals surface area contributed by atoms with Gasteiger partial charge in [-0.1, -0.05) is 48.5 Å². The number of halogens is 3. The van der Waals surface area contributed by atoms with Gasteiger partial charge in [0.1, 0.15) is 5.60 Å². The number of nitrogens with zero attached hydrogens (tertiary/aromatic N) is 3. The molecule has 0 fully saturated rings. The lowest BCUT2D eigenvalue weighted by Crippen LogP contribution is -2.47. The normalized spacial score (nSPS) is 12.8. The summed E-state index contributed by atoms with van der Waals surface area (Å²) in [6.07, 6.45) is -5.16. The van der Waals surface area contributed by atoms with E-state index in [2.05, 4.69) is 4.85 Å². The molecule has 3 aromatic carbocycles. The molecule has 0 aromatic heterocycles. The summed E-state index contributed by atoms with van der Waals surface area (Å²) in [5.41, 5.74) is -1.44. The number of Topliss-reactive ketones (excluding diaryl/α,β-unsaturated/α-hetero) is 1. The molecule has 1 N–H and O–H groups in total. The van der Waals surface area contributed by atoms with E-state index in [1.54, 1.807) is 29.2 Å². The van der Waals surface area contributed by atoms with Crippen molar-refractivity contribution in [2.24, 2.45) is 0 Å². The van der Waals surface area contributed by atoms with E-state index in [0.29, 0.717) is 17.8 Å². The van der Waals surface area contributed by atoms with Gasteiger partial charge in [-0.3, -0.25) is 4.79 Å². The van der Waals surface area contributed by atoms with E-state index in [4.69, 9.17) is 11.8 Å². The molecule has 1 atom stereocenters. The Morgan fingerprint density at radius 2 is 1.71 bits per heavy atom. The van der Waals surface area contributed by atoms with Crippen LogP contribution in [0, 0.1) is 17.9 Å². The van der Waals surface area contributed by atoms with E-state index in [9.17, 15) is 23.1 Å². The standard InChI is InChI=1S/C27H22F3N3O2/c1-26(35,25(34)15-21-10-13-24(32-2)23(14-21)27(28,29)30)18-33(17-20-6-4-3-5-7-20)22-11-8-19(16-31)9-12-22/h3-14,35H,15,17-18H2,1H3/t26-/m0/s1. The topological polar surface area (TPSA) is 68.7 Å². The molecule has 0 aliphatic rings. The Bertz CT molecular complexity index is 1270. The maximum Gasteiger partial charge on any atom is 0.407 e. The van der Waals surface area contributed by atoms with Gasteiger partial charge in [0.2, 0.25) is 0 Å². The quantitative estimate of drug-likeness (QED) is 0.423. The van der Waals surface area contributed by atoms with Crippen LogP contribution in [-0.4, -0.2) is 23.0 Å². The van der Waals surface area contributed by atoms with Gasteiger partial charge in [-0.05, 0) is 42.3 Å². The first-order valence-corrected chi connectivity index (χ1v) is 10.7. The van der Waals surface area contributed by atoms with E-state index >= 15 is 0 Å². The van der Waals surface area contributed by atoms with Crippen LogP contribution >= 0.6 is 0 Å². The van der Waals surface area contributed by atoms with Crippen LogP contribution in [0.15, 0.2) is 72.8 Å². The molecule has 0 saturated carbocycles. The lowest BCUT2D eigenvalue weighted by molar-refractivity contribution is -0.137. The van der Waals surface area contributed by atoms with E-state index in [-0.39, 0.29) is 12.1 Å². The largest absolute Gasteiger partial charge is 0.407 e. The molecule has 0 spiro atoms. The second-order valence-corrected chi connectivity index (χ2v) is 8.34. The van der Waals surface area contributed by atoms with Gasteiger partial charge < -0.3 is 10.0 Å². The van der Waals surface area contributed by atoms with Crippen molar-refractivity contribution < 1.29 is 23.1 Å². The van der Waals surface area contributed by atoms with Crippen molar-refractivity contribution in [3.05, 3.63) is 106 Å². The minimum Gasteiger partial charge on any atom is -0.380 e. The zero-order valence-electron chi connectivity index (χ0n) is 18.9. The molecular weight excluding hydrogens is 455 g/mol. The average molecular weight is 477 g/mol. The Kier molecular flexibility index (Phi) is 7.58. The van der Waals surface area contributed by atoms with Crippen molar-refractivity contribution >= 4 is 17.2 Å². The molecule has 0 aliphatic heterocycles. The minimum atomic E-state index is -4.73. The Balaban J connectivity index is 1.85. The van der Waals surface area contributed by atoms with Crippen LogP contribution < -0.4 is 4.90 Å². The molecule has 0 heterocycles. The number of benzene rings is 3. The van der Waals surface area contributed by atoms with Crippen LogP contribution in [0.4, 0.5) is 24.5 Å². The van der Waals surface area contributed by atoms with Crippen LogP contribution in [-0.2, 0) is 23.9 Å². The summed E-state index contributed by atoms with van der Waals surface area (Å²) in [5.74, 6) is -0.659. The highest BCUT2D eigenvalue weighted by molar-refractivity contribution is 5.89. The number of nitriles is 1. The summed E-state index contributed by atoms with van der Waals surface area (Å²) < 4.78 is 39.9. The maximum atomic E-state index is 13.3. The van der Waals surface area contributed by atoms with Crippen LogP contribution in [0.5, 0.6) is 0 Å². The fourth-order valence-electron chi connectivity index (χ4n) is 3.64. The van der Waals surface area contributed by atoms with Gasteiger partial charge in [0.15, 0.2) is 11.5 Å².